The van der Waals surface area contributed by atoms with Crippen molar-refractivity contribution in [2.45, 2.75) is 32.6 Å². The number of aromatic nitrogens is 2. The average Bonchev–Trinajstić information content (AvgIpc) is 2.47. The molecule has 3 rings (SSSR count). The Morgan fingerprint density at radius 1 is 1.10 bits per heavy atom. The number of hydrogen-bond donors (Lipinski definition) is 1. The highest BCUT2D eigenvalue weighted by Gasteiger charge is 2.23. The standard InChI is InChI=1S/C14H21N5O/c1-10(20)18-6-8-19(9-7-18)14-16-12-5-3-2-4-11(12)13(15)17-14/h2-9H2,1H3,(H2,15,16,17). The van der Waals surface area contributed by atoms with Crippen LogP contribution in [0.1, 0.15) is 31.0 Å². The van der Waals surface area contributed by atoms with Gasteiger partial charge in [-0.15, -0.1) is 0 Å². The zero-order chi connectivity index (χ0) is 14.1. The van der Waals surface area contributed by atoms with Crippen molar-refractivity contribution in [1.82, 2.24) is 14.9 Å². The lowest BCUT2D eigenvalue weighted by molar-refractivity contribution is -0.129. The molecule has 1 amide bonds. The highest BCUT2D eigenvalue weighted by atomic mass is 16.2. The molecule has 0 aromatic carbocycles. The number of aryl methyl sites for hydroxylation is 1. The number of hydrogen-bond acceptors (Lipinski definition) is 5. The molecule has 1 fully saturated rings. The van der Waals surface area contributed by atoms with Gasteiger partial charge in [-0.2, -0.15) is 4.98 Å². The first-order valence-electron chi connectivity index (χ1n) is 7.31. The first kappa shape index (κ1) is 13.1. The Morgan fingerprint density at radius 2 is 1.80 bits per heavy atom. The van der Waals surface area contributed by atoms with E-state index in [1.54, 1.807) is 6.92 Å². The maximum absolute atomic E-state index is 11.3. The fourth-order valence-electron chi connectivity index (χ4n) is 2.97. The third kappa shape index (κ3) is 2.42. The van der Waals surface area contributed by atoms with Crippen molar-refractivity contribution >= 4 is 17.7 Å². The molecule has 1 aromatic heterocycles. The molecule has 2 N–H and O–H groups in total. The van der Waals surface area contributed by atoms with E-state index in [0.29, 0.717) is 5.82 Å². The topological polar surface area (TPSA) is 75.4 Å². The van der Waals surface area contributed by atoms with Gasteiger partial charge in [-0.3, -0.25) is 4.79 Å². The molecule has 20 heavy (non-hydrogen) atoms. The maximum Gasteiger partial charge on any atom is 0.227 e. The Labute approximate surface area is 119 Å². The second-order valence-electron chi connectivity index (χ2n) is 5.53. The van der Waals surface area contributed by atoms with Crippen molar-refractivity contribution in [3.63, 3.8) is 0 Å². The van der Waals surface area contributed by atoms with Crippen LogP contribution in [0.15, 0.2) is 0 Å². The predicted octanol–water partition coefficient (Wildman–Crippen LogP) is 0.606. The summed E-state index contributed by atoms with van der Waals surface area (Å²) < 4.78 is 0. The van der Waals surface area contributed by atoms with Crippen molar-refractivity contribution in [2.75, 3.05) is 36.8 Å². The monoisotopic (exact) mass is 275 g/mol. The molecule has 1 aromatic rings. The second-order valence-corrected chi connectivity index (χ2v) is 5.53. The molecule has 0 unspecified atom stereocenters. The average molecular weight is 275 g/mol. The van der Waals surface area contributed by atoms with Gasteiger partial charge < -0.3 is 15.5 Å². The number of rotatable bonds is 1. The van der Waals surface area contributed by atoms with E-state index < -0.39 is 0 Å². The molecule has 6 heteroatoms. The number of nitrogens with zero attached hydrogens (tertiary/aromatic N) is 4. The Kier molecular flexibility index (Phi) is 3.46. The van der Waals surface area contributed by atoms with Crippen molar-refractivity contribution < 1.29 is 4.79 Å². The van der Waals surface area contributed by atoms with E-state index in [-0.39, 0.29) is 5.91 Å². The summed E-state index contributed by atoms with van der Waals surface area (Å²) in [5.41, 5.74) is 8.34. The molecule has 0 spiro atoms. The van der Waals surface area contributed by atoms with E-state index in [2.05, 4.69) is 9.88 Å². The lowest BCUT2D eigenvalue weighted by Crippen LogP contribution is -2.48. The summed E-state index contributed by atoms with van der Waals surface area (Å²) in [5.74, 6) is 1.50. The van der Waals surface area contributed by atoms with Gasteiger partial charge in [-0.1, -0.05) is 0 Å². The van der Waals surface area contributed by atoms with Crippen LogP contribution in [0.2, 0.25) is 0 Å². The van der Waals surface area contributed by atoms with Crippen molar-refractivity contribution in [3.8, 4) is 0 Å². The summed E-state index contributed by atoms with van der Waals surface area (Å²) in [6.07, 6.45) is 4.36. The molecule has 0 radical (unpaired) electrons. The molecule has 2 heterocycles. The molecule has 1 aliphatic carbocycles. The Hall–Kier alpha value is -1.85. The third-order valence-corrected chi connectivity index (χ3v) is 4.21. The number of anilines is 2. The van der Waals surface area contributed by atoms with Gasteiger partial charge in [0.2, 0.25) is 11.9 Å². The van der Waals surface area contributed by atoms with Gasteiger partial charge in [0.1, 0.15) is 5.82 Å². The Bertz CT molecular complexity index is 523. The number of amides is 1. The van der Waals surface area contributed by atoms with Crippen LogP contribution in [0.4, 0.5) is 11.8 Å². The van der Waals surface area contributed by atoms with Crippen molar-refractivity contribution in [3.05, 3.63) is 11.3 Å². The fourth-order valence-corrected chi connectivity index (χ4v) is 2.97. The van der Waals surface area contributed by atoms with Crippen LogP contribution in [-0.2, 0) is 17.6 Å². The molecular weight excluding hydrogens is 254 g/mol. The maximum atomic E-state index is 11.3. The van der Waals surface area contributed by atoms with Gasteiger partial charge in [0.15, 0.2) is 0 Å². The molecule has 1 aliphatic heterocycles. The Balaban J connectivity index is 1.78. The smallest absolute Gasteiger partial charge is 0.227 e. The summed E-state index contributed by atoms with van der Waals surface area (Å²) in [6.45, 7) is 4.63. The number of piperazine rings is 1. The molecule has 0 atom stereocenters. The number of nitrogen functional groups attached to an aromatic ring is 1. The molecule has 1 saturated heterocycles. The minimum atomic E-state index is 0.135. The normalized spacial score (nSPS) is 18.9. The highest BCUT2D eigenvalue weighted by molar-refractivity contribution is 5.73. The predicted molar refractivity (Wildman–Crippen MR) is 77.6 cm³/mol. The van der Waals surface area contributed by atoms with Crippen LogP contribution in [-0.4, -0.2) is 47.0 Å². The first-order valence-corrected chi connectivity index (χ1v) is 7.31. The quantitative estimate of drug-likeness (QED) is 0.812. The summed E-state index contributed by atoms with van der Waals surface area (Å²) >= 11 is 0. The van der Waals surface area contributed by atoms with Crippen LogP contribution in [0.5, 0.6) is 0 Å². The van der Waals surface area contributed by atoms with Crippen LogP contribution >= 0.6 is 0 Å². The largest absolute Gasteiger partial charge is 0.383 e. The minimum Gasteiger partial charge on any atom is -0.383 e. The summed E-state index contributed by atoms with van der Waals surface area (Å²) in [6, 6.07) is 0. The van der Waals surface area contributed by atoms with Crippen molar-refractivity contribution in [1.29, 1.82) is 0 Å². The highest BCUT2D eigenvalue weighted by Crippen LogP contribution is 2.26. The zero-order valence-corrected chi connectivity index (χ0v) is 11.9. The molecule has 0 saturated carbocycles. The van der Waals surface area contributed by atoms with E-state index in [1.807, 2.05) is 4.90 Å². The van der Waals surface area contributed by atoms with Crippen molar-refractivity contribution in [2.24, 2.45) is 0 Å². The van der Waals surface area contributed by atoms with Gasteiger partial charge in [0, 0.05) is 38.7 Å². The number of nitrogens with two attached hydrogens (primary N) is 1. The van der Waals surface area contributed by atoms with Crippen LogP contribution in [0.25, 0.3) is 0 Å². The second kappa shape index (κ2) is 5.26. The van der Waals surface area contributed by atoms with Crippen LogP contribution < -0.4 is 10.6 Å². The molecule has 108 valence electrons. The SMILES string of the molecule is CC(=O)N1CCN(c2nc(N)c3c(n2)CCCC3)CC1. The van der Waals surface area contributed by atoms with E-state index in [4.69, 9.17) is 10.7 Å². The van der Waals surface area contributed by atoms with Gasteiger partial charge in [-0.25, -0.2) is 4.98 Å². The molecule has 2 aliphatic rings. The summed E-state index contributed by atoms with van der Waals surface area (Å²) in [5, 5.41) is 0. The number of carbonyl (C=O) groups excluding carboxylic acids is 1. The van der Waals surface area contributed by atoms with E-state index in [1.165, 1.54) is 12.8 Å². The number of fused-ring (bicyclic) bond motifs is 1. The van der Waals surface area contributed by atoms with Gasteiger partial charge in [0.25, 0.3) is 0 Å². The summed E-state index contributed by atoms with van der Waals surface area (Å²) in [4.78, 5) is 24.5. The lowest BCUT2D eigenvalue weighted by Gasteiger charge is -2.34. The lowest BCUT2D eigenvalue weighted by atomic mass is 9.96. The van der Waals surface area contributed by atoms with E-state index >= 15 is 0 Å². The van der Waals surface area contributed by atoms with Gasteiger partial charge in [-0.05, 0) is 25.7 Å². The number of carbonyl (C=O) groups is 1. The molecular formula is C14H21N5O. The zero-order valence-electron chi connectivity index (χ0n) is 11.9. The first-order chi connectivity index (χ1) is 9.65. The minimum absolute atomic E-state index is 0.135. The fraction of sp³-hybridized carbons (Fsp3) is 0.643. The third-order valence-electron chi connectivity index (χ3n) is 4.21. The van der Waals surface area contributed by atoms with E-state index in [0.717, 1.165) is 56.2 Å². The van der Waals surface area contributed by atoms with Gasteiger partial charge in [0.05, 0.1) is 5.69 Å². The van der Waals surface area contributed by atoms with Crippen LogP contribution in [0.3, 0.4) is 0 Å². The van der Waals surface area contributed by atoms with E-state index in [9.17, 15) is 4.79 Å². The summed E-state index contributed by atoms with van der Waals surface area (Å²) in [7, 11) is 0. The molecule has 6 nitrogen and oxygen atoms in total. The van der Waals surface area contributed by atoms with Gasteiger partial charge >= 0.3 is 0 Å². The Morgan fingerprint density at radius 3 is 2.50 bits per heavy atom. The molecule has 0 bridgehead atoms. The van der Waals surface area contributed by atoms with Crippen LogP contribution in [0, 0.1) is 0 Å².